The van der Waals surface area contributed by atoms with Gasteiger partial charge in [-0.05, 0) is 51.0 Å². The Morgan fingerprint density at radius 3 is 2.85 bits per heavy atom. The fourth-order valence-corrected chi connectivity index (χ4v) is 3.27. The molecule has 0 aromatic carbocycles. The third-order valence-electron chi connectivity index (χ3n) is 4.30. The van der Waals surface area contributed by atoms with Crippen LogP contribution < -0.4 is 5.32 Å². The van der Waals surface area contributed by atoms with Gasteiger partial charge in [-0.3, -0.25) is 4.79 Å². The molecule has 20 heavy (non-hydrogen) atoms. The Labute approximate surface area is 123 Å². The van der Waals surface area contributed by atoms with E-state index in [1.165, 1.54) is 31.3 Å². The molecule has 0 aromatic heterocycles. The molecule has 3 nitrogen and oxygen atoms in total. The van der Waals surface area contributed by atoms with Gasteiger partial charge in [0.2, 0.25) is 5.91 Å². The molecule has 3 heteroatoms. The monoisotopic (exact) mass is 278 g/mol. The Morgan fingerprint density at radius 2 is 2.25 bits per heavy atom. The molecule has 1 atom stereocenters. The lowest BCUT2D eigenvalue weighted by atomic mass is 9.96. The normalized spacial score (nSPS) is 22.9. The fraction of sp³-hybridized carbons (Fsp3) is 0.824. The smallest absolute Gasteiger partial charge is 0.226 e. The summed E-state index contributed by atoms with van der Waals surface area (Å²) in [5.41, 5.74) is 1.37. The lowest BCUT2D eigenvalue weighted by Gasteiger charge is -2.28. The molecule has 1 fully saturated rings. The van der Waals surface area contributed by atoms with E-state index >= 15 is 0 Å². The number of nitrogens with zero attached hydrogens (tertiary/aromatic N) is 1. The standard InChI is InChI=1S/C17H30N2O/c1-14(2)12-19(13-16-9-6-10-18-16)17(20)11-15-7-4-3-5-8-15/h7,14,16,18H,3-6,8-13H2,1-2H3. The molecule has 0 saturated carbocycles. The van der Waals surface area contributed by atoms with E-state index in [9.17, 15) is 4.79 Å². The number of amides is 1. The van der Waals surface area contributed by atoms with Crippen LogP contribution in [0.5, 0.6) is 0 Å². The third kappa shape index (κ3) is 4.93. The first-order valence-electron chi connectivity index (χ1n) is 8.34. The molecular formula is C17H30N2O. The van der Waals surface area contributed by atoms with Crippen molar-refractivity contribution >= 4 is 5.91 Å². The van der Waals surface area contributed by atoms with Crippen LogP contribution in [0.2, 0.25) is 0 Å². The maximum atomic E-state index is 12.6. The van der Waals surface area contributed by atoms with E-state index in [4.69, 9.17) is 0 Å². The number of carbonyl (C=O) groups excluding carboxylic acids is 1. The minimum atomic E-state index is 0.334. The molecule has 1 amide bonds. The molecular weight excluding hydrogens is 248 g/mol. The number of allylic oxidation sites excluding steroid dienone is 1. The Balaban J connectivity index is 1.89. The molecule has 0 radical (unpaired) electrons. The SMILES string of the molecule is CC(C)CN(CC1CCCN1)C(=O)CC1=CCCCC1. The van der Waals surface area contributed by atoms with Crippen molar-refractivity contribution in [1.82, 2.24) is 10.2 Å². The number of nitrogens with one attached hydrogen (secondary N) is 1. The van der Waals surface area contributed by atoms with Gasteiger partial charge >= 0.3 is 0 Å². The van der Waals surface area contributed by atoms with Crippen molar-refractivity contribution in [2.45, 2.75) is 64.8 Å². The van der Waals surface area contributed by atoms with Gasteiger partial charge in [0.25, 0.3) is 0 Å². The lowest BCUT2D eigenvalue weighted by Crippen LogP contribution is -2.43. The average Bonchev–Trinajstić information content (AvgIpc) is 2.91. The molecule has 2 rings (SSSR count). The number of hydrogen-bond acceptors (Lipinski definition) is 2. The predicted molar refractivity (Wildman–Crippen MR) is 83.6 cm³/mol. The summed E-state index contributed by atoms with van der Waals surface area (Å²) in [5.74, 6) is 0.876. The fourth-order valence-electron chi connectivity index (χ4n) is 3.27. The minimum absolute atomic E-state index is 0.334. The summed E-state index contributed by atoms with van der Waals surface area (Å²) in [6.45, 7) is 7.29. The van der Waals surface area contributed by atoms with Crippen LogP contribution in [0.3, 0.4) is 0 Å². The van der Waals surface area contributed by atoms with E-state index in [0.29, 0.717) is 24.3 Å². The zero-order valence-electron chi connectivity index (χ0n) is 13.2. The molecule has 1 aliphatic heterocycles. The molecule has 2 aliphatic rings. The lowest BCUT2D eigenvalue weighted by molar-refractivity contribution is -0.131. The Bertz CT molecular complexity index is 343. The van der Waals surface area contributed by atoms with Gasteiger partial charge in [-0.25, -0.2) is 0 Å². The van der Waals surface area contributed by atoms with Gasteiger partial charge in [-0.15, -0.1) is 0 Å². The van der Waals surface area contributed by atoms with Crippen LogP contribution in [0.1, 0.15) is 58.8 Å². The summed E-state index contributed by atoms with van der Waals surface area (Å²) >= 11 is 0. The van der Waals surface area contributed by atoms with Gasteiger partial charge in [0.1, 0.15) is 0 Å². The van der Waals surface area contributed by atoms with E-state index in [2.05, 4.69) is 30.1 Å². The van der Waals surface area contributed by atoms with Crippen molar-refractivity contribution in [3.8, 4) is 0 Å². The molecule has 0 aromatic rings. The Kier molecular flexibility index (Phi) is 6.08. The van der Waals surface area contributed by atoms with Crippen LogP contribution in [-0.2, 0) is 4.79 Å². The molecule has 1 unspecified atom stereocenters. The molecule has 114 valence electrons. The molecule has 0 spiro atoms. The highest BCUT2D eigenvalue weighted by atomic mass is 16.2. The van der Waals surface area contributed by atoms with E-state index in [1.54, 1.807) is 0 Å². The van der Waals surface area contributed by atoms with Crippen molar-refractivity contribution in [2.75, 3.05) is 19.6 Å². The highest BCUT2D eigenvalue weighted by Gasteiger charge is 2.22. The van der Waals surface area contributed by atoms with Crippen LogP contribution in [0.4, 0.5) is 0 Å². The number of hydrogen-bond donors (Lipinski definition) is 1. The summed E-state index contributed by atoms with van der Waals surface area (Å²) in [7, 11) is 0. The van der Waals surface area contributed by atoms with Crippen LogP contribution in [0, 0.1) is 5.92 Å². The maximum Gasteiger partial charge on any atom is 0.226 e. The van der Waals surface area contributed by atoms with Gasteiger partial charge in [0.15, 0.2) is 0 Å². The minimum Gasteiger partial charge on any atom is -0.341 e. The van der Waals surface area contributed by atoms with E-state index < -0.39 is 0 Å². The molecule has 0 bridgehead atoms. The first-order valence-corrected chi connectivity index (χ1v) is 8.34. The first kappa shape index (κ1) is 15.6. The van der Waals surface area contributed by atoms with Crippen molar-refractivity contribution in [3.63, 3.8) is 0 Å². The molecule has 1 aliphatic carbocycles. The van der Waals surface area contributed by atoms with Gasteiger partial charge in [0, 0.05) is 25.6 Å². The topological polar surface area (TPSA) is 32.3 Å². The van der Waals surface area contributed by atoms with E-state index in [1.807, 2.05) is 0 Å². The van der Waals surface area contributed by atoms with Crippen LogP contribution in [-0.4, -0.2) is 36.5 Å². The summed E-state index contributed by atoms with van der Waals surface area (Å²) < 4.78 is 0. The summed E-state index contributed by atoms with van der Waals surface area (Å²) in [5, 5.41) is 3.51. The first-order chi connectivity index (χ1) is 9.65. The molecule has 1 N–H and O–H groups in total. The molecule has 1 heterocycles. The third-order valence-corrected chi connectivity index (χ3v) is 4.30. The second-order valence-corrected chi connectivity index (χ2v) is 6.77. The summed E-state index contributed by atoms with van der Waals surface area (Å²) in [4.78, 5) is 14.7. The second-order valence-electron chi connectivity index (χ2n) is 6.77. The maximum absolute atomic E-state index is 12.6. The predicted octanol–water partition coefficient (Wildman–Crippen LogP) is 3.11. The van der Waals surface area contributed by atoms with E-state index in [-0.39, 0.29) is 0 Å². The van der Waals surface area contributed by atoms with Crippen molar-refractivity contribution in [2.24, 2.45) is 5.92 Å². The van der Waals surface area contributed by atoms with Crippen LogP contribution in [0.25, 0.3) is 0 Å². The van der Waals surface area contributed by atoms with Gasteiger partial charge in [-0.2, -0.15) is 0 Å². The van der Waals surface area contributed by atoms with Crippen LogP contribution >= 0.6 is 0 Å². The number of rotatable bonds is 6. The quantitative estimate of drug-likeness (QED) is 0.757. The Morgan fingerprint density at radius 1 is 1.40 bits per heavy atom. The van der Waals surface area contributed by atoms with Gasteiger partial charge in [0.05, 0.1) is 0 Å². The molecule has 1 saturated heterocycles. The summed E-state index contributed by atoms with van der Waals surface area (Å²) in [6, 6.07) is 0.512. The summed E-state index contributed by atoms with van der Waals surface area (Å²) in [6.07, 6.45) is 10.2. The van der Waals surface area contributed by atoms with Crippen LogP contribution in [0.15, 0.2) is 11.6 Å². The highest BCUT2D eigenvalue weighted by Crippen LogP contribution is 2.21. The van der Waals surface area contributed by atoms with Crippen molar-refractivity contribution in [3.05, 3.63) is 11.6 Å². The zero-order valence-corrected chi connectivity index (χ0v) is 13.2. The van der Waals surface area contributed by atoms with E-state index in [0.717, 1.165) is 32.5 Å². The van der Waals surface area contributed by atoms with Crippen molar-refractivity contribution in [1.29, 1.82) is 0 Å². The largest absolute Gasteiger partial charge is 0.341 e. The van der Waals surface area contributed by atoms with Gasteiger partial charge < -0.3 is 10.2 Å². The van der Waals surface area contributed by atoms with Gasteiger partial charge in [-0.1, -0.05) is 25.5 Å². The number of carbonyl (C=O) groups is 1. The zero-order chi connectivity index (χ0) is 14.4. The van der Waals surface area contributed by atoms with Crippen molar-refractivity contribution < 1.29 is 4.79 Å². The second kappa shape index (κ2) is 7.82. The average molecular weight is 278 g/mol. The Hall–Kier alpha value is -0.830. The highest BCUT2D eigenvalue weighted by molar-refractivity contribution is 5.78.